The predicted molar refractivity (Wildman–Crippen MR) is 65.8 cm³/mol. The lowest BCUT2D eigenvalue weighted by atomic mass is 10.2. The van der Waals surface area contributed by atoms with Gasteiger partial charge < -0.3 is 9.73 Å². The second kappa shape index (κ2) is 6.03. The number of thioether (sulfide) groups is 1. The quantitative estimate of drug-likeness (QED) is 0.635. The van der Waals surface area contributed by atoms with Gasteiger partial charge in [-0.2, -0.15) is 0 Å². The molecule has 2 aromatic heterocycles. The molecule has 86 valence electrons. The molecule has 0 spiro atoms. The van der Waals surface area contributed by atoms with Gasteiger partial charge in [-0.25, -0.2) is 0 Å². The van der Waals surface area contributed by atoms with Crippen LogP contribution in [-0.2, 0) is 0 Å². The molecule has 0 amide bonds. The van der Waals surface area contributed by atoms with Crippen molar-refractivity contribution in [2.45, 2.75) is 17.3 Å². The van der Waals surface area contributed by atoms with E-state index in [1.54, 1.807) is 34.9 Å². The maximum atomic E-state index is 5.31. The average molecular weight is 255 g/mol. The lowest BCUT2D eigenvalue weighted by molar-refractivity contribution is 0.438. The van der Waals surface area contributed by atoms with Gasteiger partial charge >= 0.3 is 0 Å². The Morgan fingerprint density at radius 3 is 3.25 bits per heavy atom. The average Bonchev–Trinajstić information content (AvgIpc) is 2.96. The van der Waals surface area contributed by atoms with Gasteiger partial charge in [0.1, 0.15) is 11.3 Å². The van der Waals surface area contributed by atoms with Crippen molar-refractivity contribution in [2.24, 2.45) is 0 Å². The first kappa shape index (κ1) is 11.6. The van der Waals surface area contributed by atoms with Crippen molar-refractivity contribution < 1.29 is 4.42 Å². The lowest BCUT2D eigenvalue weighted by Gasteiger charge is -2.09. The highest BCUT2D eigenvalue weighted by atomic mass is 32.2. The van der Waals surface area contributed by atoms with E-state index in [1.807, 2.05) is 12.1 Å². The zero-order valence-corrected chi connectivity index (χ0v) is 10.6. The second-order valence-corrected chi connectivity index (χ2v) is 5.42. The molecule has 16 heavy (non-hydrogen) atoms. The zero-order chi connectivity index (χ0) is 11.2. The Labute approximate surface area is 102 Å². The minimum absolute atomic E-state index is 0.255. The van der Waals surface area contributed by atoms with Gasteiger partial charge in [-0.15, -0.1) is 10.2 Å². The highest BCUT2D eigenvalue weighted by Crippen LogP contribution is 2.18. The van der Waals surface area contributed by atoms with Gasteiger partial charge in [-0.3, -0.25) is 0 Å². The molecule has 4 nitrogen and oxygen atoms in total. The monoisotopic (exact) mass is 255 g/mol. The number of nitrogens with zero attached hydrogens (tertiary/aromatic N) is 2. The summed E-state index contributed by atoms with van der Waals surface area (Å²) in [6.45, 7) is 3.01. The highest BCUT2D eigenvalue weighted by molar-refractivity contribution is 8.01. The van der Waals surface area contributed by atoms with Crippen molar-refractivity contribution in [3.63, 3.8) is 0 Å². The molecule has 0 saturated carbocycles. The standard InChI is InChI=1S/C10H13N3OS2/c1-8(9-3-2-5-14-9)11-4-6-15-10-13-12-7-16-10/h2-3,5,7-8,11H,4,6H2,1H3. The summed E-state index contributed by atoms with van der Waals surface area (Å²) in [7, 11) is 0. The second-order valence-electron chi connectivity index (χ2n) is 3.24. The molecule has 1 N–H and O–H groups in total. The zero-order valence-electron chi connectivity index (χ0n) is 8.92. The first-order chi connectivity index (χ1) is 7.86. The van der Waals surface area contributed by atoms with Crippen molar-refractivity contribution in [3.8, 4) is 0 Å². The van der Waals surface area contributed by atoms with Gasteiger partial charge in [0, 0.05) is 12.3 Å². The SMILES string of the molecule is CC(NCCSc1nncs1)c1ccco1. The number of hydrogen-bond acceptors (Lipinski definition) is 6. The van der Waals surface area contributed by atoms with Crippen molar-refractivity contribution in [2.75, 3.05) is 12.3 Å². The molecule has 0 aliphatic carbocycles. The fourth-order valence-electron chi connectivity index (χ4n) is 1.28. The lowest BCUT2D eigenvalue weighted by Crippen LogP contribution is -2.20. The summed E-state index contributed by atoms with van der Waals surface area (Å²) >= 11 is 3.29. The van der Waals surface area contributed by atoms with Gasteiger partial charge in [0.25, 0.3) is 0 Å². The minimum Gasteiger partial charge on any atom is -0.468 e. The minimum atomic E-state index is 0.255. The molecule has 6 heteroatoms. The molecular weight excluding hydrogens is 242 g/mol. The molecule has 0 aliphatic rings. The fraction of sp³-hybridized carbons (Fsp3) is 0.400. The third kappa shape index (κ3) is 3.33. The molecule has 0 aromatic carbocycles. The summed E-state index contributed by atoms with van der Waals surface area (Å²) < 4.78 is 6.33. The van der Waals surface area contributed by atoms with E-state index in [0.717, 1.165) is 22.4 Å². The molecule has 2 heterocycles. The number of furan rings is 1. The topological polar surface area (TPSA) is 51.0 Å². The van der Waals surface area contributed by atoms with E-state index in [-0.39, 0.29) is 6.04 Å². The first-order valence-electron chi connectivity index (χ1n) is 5.02. The van der Waals surface area contributed by atoms with Crippen LogP contribution in [0.25, 0.3) is 0 Å². The van der Waals surface area contributed by atoms with E-state index in [1.165, 1.54) is 0 Å². The Kier molecular flexibility index (Phi) is 4.38. The maximum absolute atomic E-state index is 5.31. The number of rotatable bonds is 6. The molecule has 2 aromatic rings. The Balaban J connectivity index is 1.65. The molecule has 1 atom stereocenters. The van der Waals surface area contributed by atoms with Crippen LogP contribution >= 0.6 is 23.1 Å². The Hall–Kier alpha value is -0.850. The highest BCUT2D eigenvalue weighted by Gasteiger charge is 2.06. The van der Waals surface area contributed by atoms with E-state index >= 15 is 0 Å². The van der Waals surface area contributed by atoms with Gasteiger partial charge in [0.15, 0.2) is 4.34 Å². The summed E-state index contributed by atoms with van der Waals surface area (Å²) in [5.74, 6) is 1.96. The third-order valence-electron chi connectivity index (χ3n) is 2.09. The number of nitrogens with one attached hydrogen (secondary N) is 1. The fourth-order valence-corrected chi connectivity index (χ4v) is 2.71. The van der Waals surface area contributed by atoms with E-state index in [9.17, 15) is 0 Å². The molecule has 0 fully saturated rings. The molecule has 0 radical (unpaired) electrons. The van der Waals surface area contributed by atoms with Crippen LogP contribution in [0.15, 0.2) is 32.7 Å². The molecular formula is C10H13N3OS2. The van der Waals surface area contributed by atoms with Gasteiger partial charge in [0.2, 0.25) is 0 Å². The Morgan fingerprint density at radius 2 is 2.56 bits per heavy atom. The van der Waals surface area contributed by atoms with E-state index in [4.69, 9.17) is 4.42 Å². The predicted octanol–water partition coefficient (Wildman–Crippen LogP) is 2.57. The first-order valence-corrected chi connectivity index (χ1v) is 6.88. The van der Waals surface area contributed by atoms with Crippen LogP contribution in [0.4, 0.5) is 0 Å². The summed E-state index contributed by atoms with van der Waals surface area (Å²) in [5.41, 5.74) is 1.75. The maximum Gasteiger partial charge on any atom is 0.174 e. The van der Waals surface area contributed by atoms with Crippen LogP contribution in [-0.4, -0.2) is 22.5 Å². The Morgan fingerprint density at radius 1 is 1.62 bits per heavy atom. The van der Waals surface area contributed by atoms with Crippen molar-refractivity contribution in [3.05, 3.63) is 29.7 Å². The molecule has 0 aliphatic heterocycles. The molecule has 0 bridgehead atoms. The summed E-state index contributed by atoms with van der Waals surface area (Å²) in [4.78, 5) is 0. The summed E-state index contributed by atoms with van der Waals surface area (Å²) in [6.07, 6.45) is 1.70. The number of hydrogen-bond donors (Lipinski definition) is 1. The van der Waals surface area contributed by atoms with Crippen LogP contribution < -0.4 is 5.32 Å². The van der Waals surface area contributed by atoms with E-state index in [0.29, 0.717) is 0 Å². The molecule has 1 unspecified atom stereocenters. The summed E-state index contributed by atoms with van der Waals surface area (Å²) in [6, 6.07) is 4.14. The largest absolute Gasteiger partial charge is 0.468 e. The molecule has 0 saturated heterocycles. The van der Waals surface area contributed by atoms with Crippen molar-refractivity contribution >= 4 is 23.1 Å². The Bertz CT molecular complexity index is 388. The van der Waals surface area contributed by atoms with Crippen molar-refractivity contribution in [1.29, 1.82) is 0 Å². The van der Waals surface area contributed by atoms with Crippen LogP contribution in [0, 0.1) is 0 Å². The third-order valence-corrected chi connectivity index (χ3v) is 3.95. The normalized spacial score (nSPS) is 12.8. The van der Waals surface area contributed by atoms with Crippen LogP contribution in [0.5, 0.6) is 0 Å². The van der Waals surface area contributed by atoms with Gasteiger partial charge in [-0.05, 0) is 19.1 Å². The summed E-state index contributed by atoms with van der Waals surface area (Å²) in [5, 5.41) is 11.1. The molecule has 2 rings (SSSR count). The van der Waals surface area contributed by atoms with E-state index < -0.39 is 0 Å². The van der Waals surface area contributed by atoms with Gasteiger partial charge in [-0.1, -0.05) is 23.1 Å². The number of aromatic nitrogens is 2. The van der Waals surface area contributed by atoms with Crippen LogP contribution in [0.3, 0.4) is 0 Å². The van der Waals surface area contributed by atoms with E-state index in [2.05, 4.69) is 22.4 Å². The van der Waals surface area contributed by atoms with Crippen LogP contribution in [0.2, 0.25) is 0 Å². The van der Waals surface area contributed by atoms with Crippen LogP contribution in [0.1, 0.15) is 18.7 Å². The van der Waals surface area contributed by atoms with Crippen molar-refractivity contribution in [1.82, 2.24) is 15.5 Å². The van der Waals surface area contributed by atoms with Gasteiger partial charge in [0.05, 0.1) is 12.3 Å². The smallest absolute Gasteiger partial charge is 0.174 e.